The summed E-state index contributed by atoms with van der Waals surface area (Å²) in [6.07, 6.45) is 1.70. The maximum Gasteiger partial charge on any atom is 0.265 e. The van der Waals surface area contributed by atoms with Gasteiger partial charge in [0.1, 0.15) is 22.4 Å². The standard InChI is InChI=1S/C22H22N4O4S2/c1-12-17-20(24-16-4-3-9-25(16)21(17)28)32-18(12)22(29)26-11-31-10-15(26)19(27)23-13-5-7-14(30-2)8-6-13/h5-8,15H,3-4,9-11H2,1-2H3,(H,23,27). The minimum atomic E-state index is -0.585. The normalized spacial score (nSPS) is 17.6. The zero-order valence-corrected chi connectivity index (χ0v) is 19.3. The molecule has 4 heterocycles. The van der Waals surface area contributed by atoms with E-state index in [1.54, 1.807) is 47.8 Å². The van der Waals surface area contributed by atoms with Crippen molar-refractivity contribution < 1.29 is 14.3 Å². The Morgan fingerprint density at radius 3 is 2.78 bits per heavy atom. The van der Waals surface area contributed by atoms with Crippen molar-refractivity contribution in [2.24, 2.45) is 0 Å². The number of benzene rings is 1. The van der Waals surface area contributed by atoms with E-state index in [-0.39, 0.29) is 17.4 Å². The molecule has 1 aromatic carbocycles. The highest BCUT2D eigenvalue weighted by atomic mass is 32.2. The molecule has 0 bridgehead atoms. The molecule has 8 nitrogen and oxygen atoms in total. The van der Waals surface area contributed by atoms with E-state index in [1.165, 1.54) is 23.1 Å². The lowest BCUT2D eigenvalue weighted by Crippen LogP contribution is -2.44. The Balaban J connectivity index is 1.41. The third kappa shape index (κ3) is 3.47. The quantitative estimate of drug-likeness (QED) is 0.630. The van der Waals surface area contributed by atoms with Gasteiger partial charge in [-0.1, -0.05) is 0 Å². The summed E-state index contributed by atoms with van der Waals surface area (Å²) in [6, 6.07) is 6.48. The Morgan fingerprint density at radius 1 is 1.25 bits per heavy atom. The predicted molar refractivity (Wildman–Crippen MR) is 126 cm³/mol. The van der Waals surface area contributed by atoms with Crippen molar-refractivity contribution in [3.05, 3.63) is 50.9 Å². The van der Waals surface area contributed by atoms with E-state index >= 15 is 0 Å². The highest BCUT2D eigenvalue weighted by molar-refractivity contribution is 7.99. The number of ether oxygens (including phenoxy) is 1. The number of hydrogen-bond donors (Lipinski definition) is 1. The van der Waals surface area contributed by atoms with Crippen LogP contribution in [0.2, 0.25) is 0 Å². The first kappa shape index (κ1) is 21.0. The molecule has 2 aliphatic rings. The lowest BCUT2D eigenvalue weighted by atomic mass is 10.1. The van der Waals surface area contributed by atoms with Crippen molar-refractivity contribution in [3.63, 3.8) is 0 Å². The number of methoxy groups -OCH3 is 1. The molecular formula is C22H22N4O4S2. The summed E-state index contributed by atoms with van der Waals surface area (Å²) in [5.41, 5.74) is 1.23. The SMILES string of the molecule is COc1ccc(NC(=O)C2CSCN2C(=O)c2sc3nc4n(c(=O)c3c2C)CCC4)cc1. The van der Waals surface area contributed by atoms with Crippen LogP contribution in [0.5, 0.6) is 5.75 Å². The largest absolute Gasteiger partial charge is 0.497 e. The first-order valence-corrected chi connectivity index (χ1v) is 12.3. The number of carbonyl (C=O) groups is 2. The monoisotopic (exact) mass is 470 g/mol. The lowest BCUT2D eigenvalue weighted by Gasteiger charge is -2.23. The van der Waals surface area contributed by atoms with Crippen LogP contribution < -0.4 is 15.6 Å². The maximum absolute atomic E-state index is 13.4. The zero-order valence-electron chi connectivity index (χ0n) is 17.7. The van der Waals surface area contributed by atoms with Crippen molar-refractivity contribution >= 4 is 50.8 Å². The minimum absolute atomic E-state index is 0.0695. The van der Waals surface area contributed by atoms with Gasteiger partial charge in [0.05, 0.1) is 23.2 Å². The van der Waals surface area contributed by atoms with Crippen LogP contribution in [0.4, 0.5) is 5.69 Å². The van der Waals surface area contributed by atoms with E-state index in [0.29, 0.717) is 50.3 Å². The second-order valence-electron chi connectivity index (χ2n) is 7.83. The number of carbonyl (C=O) groups excluding carboxylic acids is 2. The predicted octanol–water partition coefficient (Wildman–Crippen LogP) is 2.88. The molecule has 1 saturated heterocycles. The third-order valence-electron chi connectivity index (χ3n) is 5.91. The molecule has 2 aromatic heterocycles. The number of nitrogens with zero attached hydrogens (tertiary/aromatic N) is 3. The van der Waals surface area contributed by atoms with Crippen LogP contribution in [0.3, 0.4) is 0 Å². The molecule has 2 amide bonds. The molecule has 5 rings (SSSR count). The van der Waals surface area contributed by atoms with Crippen molar-refractivity contribution in [2.45, 2.75) is 32.4 Å². The second-order valence-corrected chi connectivity index (χ2v) is 9.83. The van der Waals surface area contributed by atoms with Gasteiger partial charge in [-0.15, -0.1) is 23.1 Å². The molecular weight excluding hydrogens is 448 g/mol. The van der Waals surface area contributed by atoms with Gasteiger partial charge in [-0.05, 0) is 43.2 Å². The van der Waals surface area contributed by atoms with Gasteiger partial charge in [0.25, 0.3) is 11.5 Å². The zero-order chi connectivity index (χ0) is 22.4. The van der Waals surface area contributed by atoms with E-state index in [9.17, 15) is 14.4 Å². The minimum Gasteiger partial charge on any atom is -0.497 e. The molecule has 1 atom stereocenters. The number of nitrogens with one attached hydrogen (secondary N) is 1. The molecule has 10 heteroatoms. The van der Waals surface area contributed by atoms with E-state index < -0.39 is 6.04 Å². The Bertz CT molecular complexity index is 1280. The molecule has 0 radical (unpaired) electrons. The van der Waals surface area contributed by atoms with Crippen LogP contribution in [0.15, 0.2) is 29.1 Å². The van der Waals surface area contributed by atoms with Crippen molar-refractivity contribution in [3.8, 4) is 5.75 Å². The van der Waals surface area contributed by atoms with E-state index in [0.717, 1.165) is 18.7 Å². The van der Waals surface area contributed by atoms with Crippen LogP contribution in [0.25, 0.3) is 10.2 Å². The van der Waals surface area contributed by atoms with Gasteiger partial charge in [0.15, 0.2) is 0 Å². The summed E-state index contributed by atoms with van der Waals surface area (Å²) in [6.45, 7) is 2.47. The van der Waals surface area contributed by atoms with E-state index in [2.05, 4.69) is 10.3 Å². The first-order chi connectivity index (χ1) is 15.5. The number of hydrogen-bond acceptors (Lipinski definition) is 7. The van der Waals surface area contributed by atoms with Gasteiger partial charge in [-0.25, -0.2) is 4.98 Å². The molecule has 0 aliphatic carbocycles. The number of fused-ring (bicyclic) bond motifs is 2. The molecule has 0 saturated carbocycles. The number of rotatable bonds is 4. The van der Waals surface area contributed by atoms with Crippen molar-refractivity contribution in [1.29, 1.82) is 0 Å². The summed E-state index contributed by atoms with van der Waals surface area (Å²) in [4.78, 5) is 46.7. The van der Waals surface area contributed by atoms with Gasteiger partial charge in [0, 0.05) is 24.4 Å². The maximum atomic E-state index is 13.4. The van der Waals surface area contributed by atoms with Gasteiger partial charge < -0.3 is 15.0 Å². The Hall–Kier alpha value is -2.85. The van der Waals surface area contributed by atoms with Crippen LogP contribution >= 0.6 is 23.1 Å². The molecule has 2 aliphatic heterocycles. The number of anilines is 1. The lowest BCUT2D eigenvalue weighted by molar-refractivity contribution is -0.119. The van der Waals surface area contributed by atoms with E-state index in [4.69, 9.17) is 4.74 Å². The van der Waals surface area contributed by atoms with Crippen LogP contribution in [-0.2, 0) is 17.8 Å². The Kier molecular flexibility index (Phi) is 5.42. The first-order valence-electron chi connectivity index (χ1n) is 10.3. The Labute approximate surface area is 192 Å². The number of aromatic nitrogens is 2. The topological polar surface area (TPSA) is 93.5 Å². The van der Waals surface area contributed by atoms with Gasteiger partial charge in [-0.2, -0.15) is 0 Å². The number of aryl methyl sites for hydroxylation is 2. The number of thiophene rings is 1. The second kappa shape index (κ2) is 8.25. The highest BCUT2D eigenvalue weighted by Gasteiger charge is 2.37. The summed E-state index contributed by atoms with van der Waals surface area (Å²) < 4.78 is 6.86. The molecule has 166 valence electrons. The Morgan fingerprint density at radius 2 is 2.03 bits per heavy atom. The fraction of sp³-hybridized carbons (Fsp3) is 0.364. The third-order valence-corrected chi connectivity index (χ3v) is 8.09. The van der Waals surface area contributed by atoms with E-state index in [1.807, 2.05) is 0 Å². The summed E-state index contributed by atoms with van der Waals surface area (Å²) in [5, 5.41) is 3.41. The summed E-state index contributed by atoms with van der Waals surface area (Å²) in [7, 11) is 1.58. The molecule has 3 aromatic rings. The molecule has 1 unspecified atom stereocenters. The summed E-state index contributed by atoms with van der Waals surface area (Å²) >= 11 is 2.79. The molecule has 1 fully saturated rings. The fourth-order valence-electron chi connectivity index (χ4n) is 4.17. The smallest absolute Gasteiger partial charge is 0.265 e. The van der Waals surface area contributed by atoms with Crippen molar-refractivity contribution in [2.75, 3.05) is 24.1 Å². The van der Waals surface area contributed by atoms with Crippen LogP contribution in [-0.4, -0.2) is 51.0 Å². The van der Waals surface area contributed by atoms with Gasteiger partial charge in [-0.3, -0.25) is 19.0 Å². The fourth-order valence-corrected chi connectivity index (χ4v) is 6.47. The average Bonchev–Trinajstić information content (AvgIpc) is 3.53. The van der Waals surface area contributed by atoms with Gasteiger partial charge in [0.2, 0.25) is 5.91 Å². The number of thioether (sulfide) groups is 1. The van der Waals surface area contributed by atoms with Crippen LogP contribution in [0.1, 0.15) is 27.5 Å². The molecule has 1 N–H and O–H groups in total. The molecule has 0 spiro atoms. The number of amides is 2. The van der Waals surface area contributed by atoms with Crippen molar-refractivity contribution in [1.82, 2.24) is 14.5 Å². The average molecular weight is 471 g/mol. The molecule has 32 heavy (non-hydrogen) atoms. The van der Waals surface area contributed by atoms with Gasteiger partial charge >= 0.3 is 0 Å². The van der Waals surface area contributed by atoms with Crippen LogP contribution in [0, 0.1) is 6.92 Å². The highest BCUT2D eigenvalue weighted by Crippen LogP contribution is 2.32. The summed E-state index contributed by atoms with van der Waals surface area (Å²) in [5.74, 6) is 1.98.